The van der Waals surface area contributed by atoms with Crippen LogP contribution in [0.3, 0.4) is 0 Å². The normalized spacial score (nSPS) is 12.2. The van der Waals surface area contributed by atoms with Crippen molar-refractivity contribution in [2.75, 3.05) is 5.32 Å². The van der Waals surface area contributed by atoms with Crippen molar-refractivity contribution in [1.82, 2.24) is 0 Å². The average Bonchev–Trinajstić information content (AvgIpc) is 2.85. The third-order valence-corrected chi connectivity index (χ3v) is 2.58. The van der Waals surface area contributed by atoms with Gasteiger partial charge in [0.25, 0.3) is 0 Å². The van der Waals surface area contributed by atoms with E-state index in [2.05, 4.69) is 5.32 Å². The second kappa shape index (κ2) is 5.05. The Morgan fingerprint density at radius 1 is 1.37 bits per heavy atom. The number of hydrogen-bond donors (Lipinski definition) is 1. The van der Waals surface area contributed by atoms with Gasteiger partial charge in [-0.2, -0.15) is 4.39 Å². The fourth-order valence-corrected chi connectivity index (χ4v) is 1.63. The molecule has 0 aliphatic rings. The SMILES string of the molecule is CC(Nc1cc([N+](=O)[O-])c(F)cc1F)c1ccco1. The van der Waals surface area contributed by atoms with E-state index >= 15 is 0 Å². The number of furan rings is 1. The van der Waals surface area contributed by atoms with Gasteiger partial charge in [0.2, 0.25) is 5.82 Å². The summed E-state index contributed by atoms with van der Waals surface area (Å²) in [6.07, 6.45) is 1.46. The summed E-state index contributed by atoms with van der Waals surface area (Å²) in [5, 5.41) is 13.3. The smallest absolute Gasteiger partial charge is 0.307 e. The van der Waals surface area contributed by atoms with Crippen LogP contribution in [0.2, 0.25) is 0 Å². The molecule has 1 unspecified atom stereocenters. The minimum Gasteiger partial charge on any atom is -0.467 e. The lowest BCUT2D eigenvalue weighted by Gasteiger charge is -2.13. The molecule has 1 N–H and O–H groups in total. The summed E-state index contributed by atoms with van der Waals surface area (Å²) in [6, 6.07) is 4.23. The Morgan fingerprint density at radius 3 is 2.68 bits per heavy atom. The Balaban J connectivity index is 2.30. The van der Waals surface area contributed by atoms with E-state index in [0.29, 0.717) is 11.8 Å². The summed E-state index contributed by atoms with van der Waals surface area (Å²) in [4.78, 5) is 9.69. The molecule has 0 amide bonds. The number of hydrogen-bond acceptors (Lipinski definition) is 4. The van der Waals surface area contributed by atoms with Crippen molar-refractivity contribution in [3.05, 3.63) is 58.0 Å². The quantitative estimate of drug-likeness (QED) is 0.679. The molecule has 1 heterocycles. The lowest BCUT2D eigenvalue weighted by Crippen LogP contribution is -2.08. The van der Waals surface area contributed by atoms with E-state index in [-0.39, 0.29) is 5.69 Å². The van der Waals surface area contributed by atoms with Crippen molar-refractivity contribution in [3.63, 3.8) is 0 Å². The van der Waals surface area contributed by atoms with Crippen LogP contribution >= 0.6 is 0 Å². The van der Waals surface area contributed by atoms with Crippen molar-refractivity contribution in [3.8, 4) is 0 Å². The highest BCUT2D eigenvalue weighted by Crippen LogP contribution is 2.28. The van der Waals surface area contributed by atoms with E-state index in [1.807, 2.05) is 0 Å². The van der Waals surface area contributed by atoms with E-state index in [4.69, 9.17) is 4.42 Å². The van der Waals surface area contributed by atoms with Crippen LogP contribution in [0.15, 0.2) is 34.9 Å². The van der Waals surface area contributed by atoms with Gasteiger partial charge in [0.1, 0.15) is 11.6 Å². The van der Waals surface area contributed by atoms with Crippen LogP contribution in [0.5, 0.6) is 0 Å². The van der Waals surface area contributed by atoms with E-state index in [9.17, 15) is 18.9 Å². The predicted octanol–water partition coefficient (Wildman–Crippen LogP) is 3.64. The monoisotopic (exact) mass is 268 g/mol. The lowest BCUT2D eigenvalue weighted by molar-refractivity contribution is -0.387. The highest BCUT2D eigenvalue weighted by Gasteiger charge is 2.20. The maximum Gasteiger partial charge on any atom is 0.307 e. The zero-order valence-electron chi connectivity index (χ0n) is 9.89. The Hall–Kier alpha value is -2.44. The van der Waals surface area contributed by atoms with Crippen molar-refractivity contribution >= 4 is 11.4 Å². The molecule has 0 saturated heterocycles. The van der Waals surface area contributed by atoms with Crippen LogP contribution in [-0.2, 0) is 0 Å². The fourth-order valence-electron chi connectivity index (χ4n) is 1.63. The maximum atomic E-state index is 13.5. The predicted molar refractivity (Wildman–Crippen MR) is 63.8 cm³/mol. The van der Waals surface area contributed by atoms with E-state index in [1.54, 1.807) is 19.1 Å². The zero-order valence-corrected chi connectivity index (χ0v) is 9.89. The Labute approximate surface area is 107 Å². The van der Waals surface area contributed by atoms with Crippen molar-refractivity contribution in [1.29, 1.82) is 0 Å². The molecule has 0 aliphatic heterocycles. The molecular weight excluding hydrogens is 258 g/mol. The summed E-state index contributed by atoms with van der Waals surface area (Å²) in [5.74, 6) is -1.58. The molecule has 19 heavy (non-hydrogen) atoms. The first kappa shape index (κ1) is 13.0. The summed E-state index contributed by atoms with van der Waals surface area (Å²) >= 11 is 0. The van der Waals surface area contributed by atoms with E-state index < -0.39 is 28.3 Å². The topological polar surface area (TPSA) is 68.3 Å². The number of halogens is 2. The summed E-state index contributed by atoms with van der Waals surface area (Å²) < 4.78 is 31.8. The van der Waals surface area contributed by atoms with Gasteiger partial charge in [-0.3, -0.25) is 10.1 Å². The first-order chi connectivity index (χ1) is 8.99. The molecule has 2 rings (SSSR count). The van der Waals surface area contributed by atoms with Crippen LogP contribution in [0, 0.1) is 21.7 Å². The van der Waals surface area contributed by atoms with Gasteiger partial charge in [0.15, 0.2) is 0 Å². The van der Waals surface area contributed by atoms with Crippen LogP contribution in [-0.4, -0.2) is 4.92 Å². The maximum absolute atomic E-state index is 13.5. The van der Waals surface area contributed by atoms with E-state index in [0.717, 1.165) is 6.07 Å². The van der Waals surface area contributed by atoms with Gasteiger partial charge in [0, 0.05) is 12.1 Å². The Morgan fingerprint density at radius 2 is 2.11 bits per heavy atom. The summed E-state index contributed by atoms with van der Waals surface area (Å²) in [6.45, 7) is 1.69. The minimum absolute atomic E-state index is 0.156. The molecule has 0 radical (unpaired) electrons. The van der Waals surface area contributed by atoms with Gasteiger partial charge < -0.3 is 9.73 Å². The molecule has 0 saturated carbocycles. The minimum atomic E-state index is -1.21. The Bertz CT molecular complexity index is 599. The van der Waals surface area contributed by atoms with Crippen molar-refractivity contribution < 1.29 is 18.1 Å². The van der Waals surface area contributed by atoms with Crippen LogP contribution < -0.4 is 5.32 Å². The molecule has 5 nitrogen and oxygen atoms in total. The van der Waals surface area contributed by atoms with Gasteiger partial charge in [-0.05, 0) is 19.1 Å². The third kappa shape index (κ3) is 2.70. The van der Waals surface area contributed by atoms with Crippen LogP contribution in [0.25, 0.3) is 0 Å². The molecular formula is C12H10F2N2O3. The van der Waals surface area contributed by atoms with Gasteiger partial charge >= 0.3 is 5.69 Å². The number of rotatable bonds is 4. The van der Waals surface area contributed by atoms with Crippen molar-refractivity contribution in [2.45, 2.75) is 13.0 Å². The van der Waals surface area contributed by atoms with E-state index in [1.165, 1.54) is 6.26 Å². The van der Waals surface area contributed by atoms with Crippen LogP contribution in [0.4, 0.5) is 20.2 Å². The number of anilines is 1. The highest BCUT2D eigenvalue weighted by molar-refractivity contribution is 5.53. The molecule has 7 heteroatoms. The van der Waals surface area contributed by atoms with Gasteiger partial charge in [-0.15, -0.1) is 0 Å². The highest BCUT2D eigenvalue weighted by atomic mass is 19.1. The number of benzene rings is 1. The van der Waals surface area contributed by atoms with Gasteiger partial charge in [-0.25, -0.2) is 4.39 Å². The molecule has 0 spiro atoms. The second-order valence-electron chi connectivity index (χ2n) is 3.92. The zero-order chi connectivity index (χ0) is 14.0. The first-order valence-electron chi connectivity index (χ1n) is 5.42. The largest absolute Gasteiger partial charge is 0.467 e. The van der Waals surface area contributed by atoms with Crippen molar-refractivity contribution in [2.24, 2.45) is 0 Å². The average molecular weight is 268 g/mol. The first-order valence-corrected chi connectivity index (χ1v) is 5.42. The fraction of sp³-hybridized carbons (Fsp3) is 0.167. The summed E-state index contributed by atoms with van der Waals surface area (Å²) in [7, 11) is 0. The molecule has 100 valence electrons. The molecule has 2 aromatic rings. The molecule has 0 bridgehead atoms. The Kier molecular flexibility index (Phi) is 3.46. The number of nitro benzene ring substituents is 1. The van der Waals surface area contributed by atoms with Gasteiger partial charge in [0.05, 0.1) is 22.9 Å². The molecule has 0 fully saturated rings. The van der Waals surface area contributed by atoms with Gasteiger partial charge in [-0.1, -0.05) is 0 Å². The molecule has 0 aliphatic carbocycles. The number of nitro groups is 1. The second-order valence-corrected chi connectivity index (χ2v) is 3.92. The number of nitrogens with one attached hydrogen (secondary N) is 1. The molecule has 1 atom stereocenters. The number of nitrogens with zero attached hydrogens (tertiary/aromatic N) is 1. The van der Waals surface area contributed by atoms with Crippen LogP contribution in [0.1, 0.15) is 18.7 Å². The summed E-state index contributed by atoms with van der Waals surface area (Å²) in [5.41, 5.74) is -0.937. The molecule has 1 aromatic carbocycles. The molecule has 1 aromatic heterocycles. The lowest BCUT2D eigenvalue weighted by atomic mass is 10.2. The standard InChI is InChI=1S/C12H10F2N2O3/c1-7(12-3-2-4-19-12)15-10-6-11(16(17)18)9(14)5-8(10)13/h2-7,15H,1H3. The third-order valence-electron chi connectivity index (χ3n) is 2.58.